The molecule has 2 aromatic rings. The number of rotatable bonds is 6. The second kappa shape index (κ2) is 7.64. The lowest BCUT2D eigenvalue weighted by Gasteiger charge is -2.27. The van der Waals surface area contributed by atoms with Gasteiger partial charge in [0, 0.05) is 45.1 Å². The smallest absolute Gasteiger partial charge is 0.258 e. The van der Waals surface area contributed by atoms with Gasteiger partial charge in [0.05, 0.1) is 17.9 Å². The molecule has 2 aliphatic heterocycles. The molecule has 2 aliphatic rings. The third kappa shape index (κ3) is 4.08. The van der Waals surface area contributed by atoms with Gasteiger partial charge in [0.1, 0.15) is 5.65 Å². The lowest BCUT2D eigenvalue weighted by Crippen LogP contribution is -2.37. The van der Waals surface area contributed by atoms with E-state index in [1.165, 1.54) is 0 Å². The van der Waals surface area contributed by atoms with Gasteiger partial charge in [-0.15, -0.1) is 0 Å². The molecule has 0 aliphatic carbocycles. The normalized spacial score (nSPS) is 23.7. The summed E-state index contributed by atoms with van der Waals surface area (Å²) in [6.45, 7) is 4.10. The van der Waals surface area contributed by atoms with E-state index in [-0.39, 0.29) is 17.8 Å². The third-order valence-electron chi connectivity index (χ3n) is 4.98. The highest BCUT2D eigenvalue weighted by Gasteiger charge is 2.24. The number of ether oxygens (including phenoxy) is 2. The Morgan fingerprint density at radius 2 is 1.84 bits per heavy atom. The predicted octanol–water partition coefficient (Wildman–Crippen LogP) is 1.85. The number of nitrogens with zero attached hydrogens (tertiary/aromatic N) is 3. The number of aromatic nitrogens is 2. The van der Waals surface area contributed by atoms with Crippen LogP contribution in [0, 0.1) is 0 Å². The molecule has 0 amide bonds. The quantitative estimate of drug-likeness (QED) is 0.801. The van der Waals surface area contributed by atoms with Crippen molar-refractivity contribution in [2.45, 2.75) is 44.4 Å². The first-order valence-electron chi connectivity index (χ1n) is 9.21. The summed E-state index contributed by atoms with van der Waals surface area (Å²) in [7, 11) is 0. The molecule has 0 saturated carbocycles. The van der Waals surface area contributed by atoms with Crippen molar-refractivity contribution in [3.8, 4) is 0 Å². The highest BCUT2D eigenvalue weighted by Crippen LogP contribution is 2.18. The molecule has 0 unspecified atom stereocenters. The molecule has 134 valence electrons. The minimum absolute atomic E-state index is 0.0326. The van der Waals surface area contributed by atoms with Gasteiger partial charge < -0.3 is 9.47 Å². The van der Waals surface area contributed by atoms with Gasteiger partial charge in [0.15, 0.2) is 0 Å². The Labute approximate surface area is 147 Å². The van der Waals surface area contributed by atoms with Crippen LogP contribution in [0.1, 0.15) is 31.4 Å². The van der Waals surface area contributed by atoms with Gasteiger partial charge in [-0.2, -0.15) is 0 Å². The Morgan fingerprint density at radius 1 is 1.12 bits per heavy atom. The van der Waals surface area contributed by atoms with E-state index in [4.69, 9.17) is 9.47 Å². The van der Waals surface area contributed by atoms with Crippen molar-refractivity contribution in [1.29, 1.82) is 0 Å². The van der Waals surface area contributed by atoms with Gasteiger partial charge in [-0.1, -0.05) is 6.07 Å². The van der Waals surface area contributed by atoms with Crippen LogP contribution in [0.5, 0.6) is 0 Å². The van der Waals surface area contributed by atoms with Crippen LogP contribution in [0.25, 0.3) is 5.65 Å². The van der Waals surface area contributed by atoms with Crippen LogP contribution in [-0.2, 0) is 16.0 Å². The van der Waals surface area contributed by atoms with Crippen molar-refractivity contribution in [2.24, 2.45) is 0 Å². The lowest BCUT2D eigenvalue weighted by atomic mass is 10.2. The molecule has 0 aromatic carbocycles. The molecule has 0 radical (unpaired) electrons. The van der Waals surface area contributed by atoms with E-state index in [2.05, 4.69) is 9.88 Å². The maximum atomic E-state index is 12.3. The van der Waals surface area contributed by atoms with Crippen LogP contribution < -0.4 is 5.56 Å². The average Bonchev–Trinajstić information content (AvgIpc) is 3.29. The first-order chi connectivity index (χ1) is 12.3. The van der Waals surface area contributed by atoms with E-state index in [0.29, 0.717) is 12.2 Å². The van der Waals surface area contributed by atoms with Crippen molar-refractivity contribution in [1.82, 2.24) is 14.3 Å². The van der Waals surface area contributed by atoms with E-state index in [0.717, 1.165) is 57.7 Å². The summed E-state index contributed by atoms with van der Waals surface area (Å²) in [5, 5.41) is 0. The van der Waals surface area contributed by atoms with Crippen LogP contribution in [-0.4, -0.2) is 52.8 Å². The number of hydrogen-bond donors (Lipinski definition) is 0. The van der Waals surface area contributed by atoms with Crippen molar-refractivity contribution in [3.63, 3.8) is 0 Å². The summed E-state index contributed by atoms with van der Waals surface area (Å²) >= 11 is 0. The Kier molecular flexibility index (Phi) is 5.10. The van der Waals surface area contributed by atoms with Gasteiger partial charge in [0.25, 0.3) is 5.56 Å². The fraction of sp³-hybridized carbons (Fsp3) is 0.579. The fourth-order valence-corrected chi connectivity index (χ4v) is 3.77. The van der Waals surface area contributed by atoms with E-state index >= 15 is 0 Å². The van der Waals surface area contributed by atoms with Gasteiger partial charge in [-0.25, -0.2) is 4.98 Å². The lowest BCUT2D eigenvalue weighted by molar-refractivity contribution is 0.0341. The fourth-order valence-electron chi connectivity index (χ4n) is 3.77. The highest BCUT2D eigenvalue weighted by atomic mass is 16.5. The monoisotopic (exact) mass is 343 g/mol. The number of hydrogen-bond acceptors (Lipinski definition) is 5. The third-order valence-corrected chi connectivity index (χ3v) is 4.98. The summed E-state index contributed by atoms with van der Waals surface area (Å²) in [5.41, 5.74) is 1.47. The van der Waals surface area contributed by atoms with Crippen molar-refractivity contribution in [3.05, 3.63) is 46.5 Å². The minimum Gasteiger partial charge on any atom is -0.377 e. The molecule has 2 saturated heterocycles. The summed E-state index contributed by atoms with van der Waals surface area (Å²) in [5.74, 6) is 0. The summed E-state index contributed by atoms with van der Waals surface area (Å²) in [6.07, 6.45) is 6.80. The average molecular weight is 343 g/mol. The topological polar surface area (TPSA) is 56.1 Å². The minimum atomic E-state index is -0.0326. The molecular formula is C19H25N3O3. The van der Waals surface area contributed by atoms with Gasteiger partial charge in [-0.05, 0) is 37.8 Å². The van der Waals surface area contributed by atoms with Crippen molar-refractivity contribution < 1.29 is 9.47 Å². The van der Waals surface area contributed by atoms with E-state index in [1.54, 1.807) is 16.7 Å². The maximum Gasteiger partial charge on any atom is 0.258 e. The van der Waals surface area contributed by atoms with E-state index in [9.17, 15) is 4.79 Å². The van der Waals surface area contributed by atoms with Crippen LogP contribution in [0.4, 0.5) is 0 Å². The predicted molar refractivity (Wildman–Crippen MR) is 94.7 cm³/mol. The summed E-state index contributed by atoms with van der Waals surface area (Å²) in [6, 6.07) is 7.26. The van der Waals surface area contributed by atoms with E-state index in [1.807, 2.05) is 18.2 Å². The number of pyridine rings is 1. The first kappa shape index (κ1) is 16.7. The molecule has 0 N–H and O–H groups in total. The molecule has 4 heterocycles. The van der Waals surface area contributed by atoms with Crippen LogP contribution in [0.2, 0.25) is 0 Å². The molecule has 2 atom stereocenters. The summed E-state index contributed by atoms with van der Waals surface area (Å²) in [4.78, 5) is 19.3. The SMILES string of the molecule is O=c1cc(CN(C[C@H]2CCCO2)C[C@H]2CCCO2)nc2ccccn12. The number of fused-ring (bicyclic) bond motifs is 1. The second-order valence-corrected chi connectivity index (χ2v) is 6.98. The summed E-state index contributed by atoms with van der Waals surface area (Å²) < 4.78 is 13.2. The Bertz CT molecular complexity index is 746. The van der Waals surface area contributed by atoms with Crippen LogP contribution >= 0.6 is 0 Å². The highest BCUT2D eigenvalue weighted by molar-refractivity contribution is 5.37. The first-order valence-corrected chi connectivity index (χ1v) is 9.21. The Balaban J connectivity index is 1.52. The van der Waals surface area contributed by atoms with Gasteiger partial charge in [-0.3, -0.25) is 14.1 Å². The molecule has 4 rings (SSSR count). The van der Waals surface area contributed by atoms with Crippen molar-refractivity contribution in [2.75, 3.05) is 26.3 Å². The van der Waals surface area contributed by atoms with Gasteiger partial charge >= 0.3 is 0 Å². The largest absolute Gasteiger partial charge is 0.377 e. The van der Waals surface area contributed by atoms with Crippen LogP contribution in [0.15, 0.2) is 35.3 Å². The molecule has 2 fully saturated rings. The standard InChI is InChI=1S/C19H25N3O3/c23-19-11-15(20-18-7-1-2-8-22(18)19)12-21(13-16-5-3-9-24-16)14-17-6-4-10-25-17/h1-2,7-8,11,16-17H,3-6,9-10,12-14H2/t16-,17-/m1/s1. The molecule has 0 spiro atoms. The molecular weight excluding hydrogens is 318 g/mol. The molecule has 0 bridgehead atoms. The zero-order valence-electron chi connectivity index (χ0n) is 14.5. The zero-order chi connectivity index (χ0) is 17.1. The maximum absolute atomic E-state index is 12.3. The second-order valence-electron chi connectivity index (χ2n) is 6.98. The van der Waals surface area contributed by atoms with Crippen LogP contribution in [0.3, 0.4) is 0 Å². The molecule has 2 aromatic heterocycles. The zero-order valence-corrected chi connectivity index (χ0v) is 14.5. The van der Waals surface area contributed by atoms with Gasteiger partial charge in [0.2, 0.25) is 0 Å². The Hall–Kier alpha value is -1.76. The molecule has 25 heavy (non-hydrogen) atoms. The molecule has 6 heteroatoms. The Morgan fingerprint density at radius 3 is 2.48 bits per heavy atom. The van der Waals surface area contributed by atoms with E-state index < -0.39 is 0 Å². The molecule has 6 nitrogen and oxygen atoms in total. The van der Waals surface area contributed by atoms with Crippen molar-refractivity contribution >= 4 is 5.65 Å².